The van der Waals surface area contributed by atoms with Gasteiger partial charge in [0.05, 0.1) is 22.9 Å². The molecule has 0 saturated carbocycles. The van der Waals surface area contributed by atoms with Crippen molar-refractivity contribution in [3.63, 3.8) is 0 Å². The fraction of sp³-hybridized carbons (Fsp3) is 0.105. The molecule has 0 unspecified atom stereocenters. The van der Waals surface area contributed by atoms with Crippen molar-refractivity contribution in [1.29, 1.82) is 0 Å². The van der Waals surface area contributed by atoms with E-state index in [1.807, 2.05) is 31.5 Å². The summed E-state index contributed by atoms with van der Waals surface area (Å²) in [6.07, 6.45) is 3.78. The Morgan fingerprint density at radius 3 is 2.68 bits per heavy atom. The Bertz CT molecular complexity index is 1170. The van der Waals surface area contributed by atoms with Gasteiger partial charge in [0.25, 0.3) is 0 Å². The van der Waals surface area contributed by atoms with Crippen molar-refractivity contribution in [3.8, 4) is 11.3 Å². The van der Waals surface area contributed by atoms with Gasteiger partial charge in [0.15, 0.2) is 5.65 Å². The average Bonchev–Trinajstić information content (AvgIpc) is 3.35. The molecule has 0 amide bonds. The first-order chi connectivity index (χ1) is 12.3. The van der Waals surface area contributed by atoms with E-state index in [-0.39, 0.29) is 0 Å². The summed E-state index contributed by atoms with van der Waals surface area (Å²) in [6.45, 7) is 2.77. The highest BCUT2D eigenvalue weighted by molar-refractivity contribution is 5.86. The lowest BCUT2D eigenvalue weighted by Gasteiger charge is -2.10. The molecule has 0 aliphatic rings. The van der Waals surface area contributed by atoms with Gasteiger partial charge >= 0.3 is 0 Å². The highest BCUT2D eigenvalue weighted by Gasteiger charge is 2.15. The molecule has 0 saturated heterocycles. The van der Waals surface area contributed by atoms with E-state index in [2.05, 4.69) is 65.8 Å². The van der Waals surface area contributed by atoms with Crippen LogP contribution in [0.5, 0.6) is 0 Å². The van der Waals surface area contributed by atoms with Crippen LogP contribution in [0.2, 0.25) is 0 Å². The Hall–Kier alpha value is -3.41. The van der Waals surface area contributed by atoms with E-state index < -0.39 is 0 Å². The zero-order valence-corrected chi connectivity index (χ0v) is 13.7. The van der Waals surface area contributed by atoms with Gasteiger partial charge in [-0.15, -0.1) is 10.2 Å². The minimum Gasteiger partial charge on any atom is -0.335 e. The van der Waals surface area contributed by atoms with E-state index >= 15 is 0 Å². The predicted octanol–water partition coefficient (Wildman–Crippen LogP) is 3.43. The number of hydrogen-bond donors (Lipinski definition) is 1. The van der Waals surface area contributed by atoms with E-state index in [1.165, 1.54) is 5.56 Å². The fourth-order valence-corrected chi connectivity index (χ4v) is 3.41. The molecular weight excluding hydrogens is 312 g/mol. The Balaban J connectivity index is 1.82. The molecule has 4 aromatic heterocycles. The number of fused-ring (bicyclic) bond motifs is 3. The standard InChI is InChI=1S/C19H16N6/c1-13-22-23-19-8-7-16-18(25(13)19)9-17(15-10-20-21-11-15)24(16)12-14-5-3-2-4-6-14/h2-11H,12H2,1H3,(H,20,21). The molecule has 6 nitrogen and oxygen atoms in total. The molecule has 0 bridgehead atoms. The van der Waals surface area contributed by atoms with Crippen molar-refractivity contribution >= 4 is 16.7 Å². The van der Waals surface area contributed by atoms with Crippen molar-refractivity contribution in [1.82, 2.24) is 29.4 Å². The summed E-state index contributed by atoms with van der Waals surface area (Å²) in [5.41, 5.74) is 6.55. The summed E-state index contributed by atoms with van der Waals surface area (Å²) in [7, 11) is 0. The van der Waals surface area contributed by atoms with Crippen molar-refractivity contribution in [2.45, 2.75) is 13.5 Å². The zero-order valence-electron chi connectivity index (χ0n) is 13.7. The summed E-state index contributed by atoms with van der Waals surface area (Å²) in [5, 5.41) is 15.5. The summed E-state index contributed by atoms with van der Waals surface area (Å²) in [4.78, 5) is 0. The zero-order chi connectivity index (χ0) is 16.8. The number of nitrogens with one attached hydrogen (secondary N) is 1. The van der Waals surface area contributed by atoms with Crippen molar-refractivity contribution < 1.29 is 0 Å². The second-order valence-electron chi connectivity index (χ2n) is 6.13. The second-order valence-corrected chi connectivity index (χ2v) is 6.13. The van der Waals surface area contributed by atoms with Gasteiger partial charge in [0.2, 0.25) is 0 Å². The molecule has 1 N–H and O–H groups in total. The Morgan fingerprint density at radius 2 is 1.88 bits per heavy atom. The van der Waals surface area contributed by atoms with Crippen molar-refractivity contribution in [2.24, 2.45) is 0 Å². The molecule has 25 heavy (non-hydrogen) atoms. The molecule has 0 fully saturated rings. The Labute approximate surface area is 143 Å². The monoisotopic (exact) mass is 328 g/mol. The second kappa shape index (κ2) is 5.31. The predicted molar refractivity (Wildman–Crippen MR) is 96.3 cm³/mol. The minimum absolute atomic E-state index is 0.789. The third-order valence-electron chi connectivity index (χ3n) is 4.58. The number of aromatic nitrogens is 6. The highest BCUT2D eigenvalue weighted by atomic mass is 15.2. The van der Waals surface area contributed by atoms with Crippen molar-refractivity contribution in [2.75, 3.05) is 0 Å². The first kappa shape index (κ1) is 14.0. The lowest BCUT2D eigenvalue weighted by Crippen LogP contribution is -2.01. The van der Waals surface area contributed by atoms with Crippen LogP contribution in [-0.2, 0) is 6.54 Å². The van der Waals surface area contributed by atoms with Crippen LogP contribution in [0.4, 0.5) is 0 Å². The molecule has 4 heterocycles. The van der Waals surface area contributed by atoms with Gasteiger partial charge in [-0.3, -0.25) is 9.50 Å². The van der Waals surface area contributed by atoms with E-state index in [1.54, 1.807) is 0 Å². The number of pyridine rings is 1. The third kappa shape index (κ3) is 2.15. The maximum absolute atomic E-state index is 4.24. The van der Waals surface area contributed by atoms with Gasteiger partial charge in [-0.25, -0.2) is 0 Å². The van der Waals surface area contributed by atoms with Crippen LogP contribution in [0.3, 0.4) is 0 Å². The summed E-state index contributed by atoms with van der Waals surface area (Å²) >= 11 is 0. The topological polar surface area (TPSA) is 63.8 Å². The molecule has 122 valence electrons. The number of hydrogen-bond acceptors (Lipinski definition) is 3. The van der Waals surface area contributed by atoms with E-state index in [9.17, 15) is 0 Å². The van der Waals surface area contributed by atoms with E-state index in [0.29, 0.717) is 0 Å². The number of nitrogens with zero attached hydrogens (tertiary/aromatic N) is 5. The molecule has 0 aliphatic heterocycles. The van der Waals surface area contributed by atoms with Gasteiger partial charge in [0, 0.05) is 18.3 Å². The summed E-state index contributed by atoms with van der Waals surface area (Å²) < 4.78 is 4.41. The number of benzene rings is 1. The van der Waals surface area contributed by atoms with Gasteiger partial charge in [-0.05, 0) is 30.7 Å². The summed E-state index contributed by atoms with van der Waals surface area (Å²) in [5.74, 6) is 0.885. The highest BCUT2D eigenvalue weighted by Crippen LogP contribution is 2.29. The van der Waals surface area contributed by atoms with Gasteiger partial charge in [0.1, 0.15) is 5.82 Å². The normalized spacial score (nSPS) is 11.6. The number of aromatic amines is 1. The molecular formula is C19H16N6. The third-order valence-corrected chi connectivity index (χ3v) is 4.58. The fourth-order valence-electron chi connectivity index (χ4n) is 3.41. The molecule has 0 aliphatic carbocycles. The smallest absolute Gasteiger partial charge is 0.161 e. The number of aryl methyl sites for hydroxylation is 1. The van der Waals surface area contributed by atoms with Crippen LogP contribution >= 0.6 is 0 Å². The lowest BCUT2D eigenvalue weighted by molar-refractivity contribution is 0.844. The SMILES string of the molecule is Cc1nnc2ccc3c(cc(-c4cn[nH]c4)n3Cc3ccccc3)n12. The van der Waals surface area contributed by atoms with Crippen LogP contribution in [0.25, 0.3) is 27.9 Å². The largest absolute Gasteiger partial charge is 0.335 e. The van der Waals surface area contributed by atoms with E-state index in [4.69, 9.17) is 0 Å². The molecule has 5 aromatic rings. The Kier molecular flexibility index (Phi) is 2.97. The molecule has 0 spiro atoms. The van der Waals surface area contributed by atoms with Gasteiger partial charge in [-0.2, -0.15) is 5.10 Å². The maximum Gasteiger partial charge on any atom is 0.161 e. The average molecular weight is 328 g/mol. The Morgan fingerprint density at radius 1 is 1.00 bits per heavy atom. The number of rotatable bonds is 3. The first-order valence-corrected chi connectivity index (χ1v) is 8.18. The van der Waals surface area contributed by atoms with Crippen LogP contribution in [0, 0.1) is 6.92 Å². The summed E-state index contributed by atoms with van der Waals surface area (Å²) in [6, 6.07) is 16.8. The molecule has 6 heteroatoms. The minimum atomic E-state index is 0.789. The van der Waals surface area contributed by atoms with Crippen LogP contribution < -0.4 is 0 Å². The van der Waals surface area contributed by atoms with Crippen LogP contribution in [-0.4, -0.2) is 29.4 Å². The molecule has 1 aromatic carbocycles. The van der Waals surface area contributed by atoms with Gasteiger partial charge in [-0.1, -0.05) is 30.3 Å². The molecule has 0 radical (unpaired) electrons. The van der Waals surface area contributed by atoms with Crippen molar-refractivity contribution in [3.05, 3.63) is 72.3 Å². The van der Waals surface area contributed by atoms with Gasteiger partial charge < -0.3 is 4.57 Å². The van der Waals surface area contributed by atoms with Crippen LogP contribution in [0.1, 0.15) is 11.4 Å². The maximum atomic E-state index is 4.24. The first-order valence-electron chi connectivity index (χ1n) is 8.18. The van der Waals surface area contributed by atoms with Crippen LogP contribution in [0.15, 0.2) is 60.9 Å². The number of H-pyrrole nitrogens is 1. The molecule has 0 atom stereocenters. The van der Waals surface area contributed by atoms with E-state index in [0.717, 1.165) is 40.3 Å². The molecule has 5 rings (SSSR count). The quantitative estimate of drug-likeness (QED) is 0.552. The lowest BCUT2D eigenvalue weighted by atomic mass is 10.2.